The van der Waals surface area contributed by atoms with Crippen molar-refractivity contribution in [1.82, 2.24) is 10.2 Å². The van der Waals surface area contributed by atoms with Crippen LogP contribution in [0.1, 0.15) is 19.8 Å². The second-order valence-electron chi connectivity index (χ2n) is 4.92. The van der Waals surface area contributed by atoms with Gasteiger partial charge in [0.1, 0.15) is 0 Å². The molecule has 0 radical (unpaired) electrons. The van der Waals surface area contributed by atoms with E-state index in [-0.39, 0.29) is 43.0 Å². The number of fused-ring (bicyclic) bond motifs is 1. The van der Waals surface area contributed by atoms with Crippen LogP contribution in [0.4, 0.5) is 0 Å². The van der Waals surface area contributed by atoms with Crippen LogP contribution in [0.3, 0.4) is 0 Å². The number of carbonyl (C=O) groups excluding carboxylic acids is 2. The van der Waals surface area contributed by atoms with Crippen LogP contribution in [0, 0.1) is 0 Å². The fraction of sp³-hybridized carbons (Fsp3) is 0.727. The average molecular weight is 323 g/mol. The predicted octanol–water partition coefficient (Wildman–Crippen LogP) is -0.736. The summed E-state index contributed by atoms with van der Waals surface area (Å²) in [6, 6.07) is -1.51. The fourth-order valence-electron chi connectivity index (χ4n) is 2.67. The third kappa shape index (κ3) is 2.42. The Hall–Kier alpha value is -1.15. The summed E-state index contributed by atoms with van der Waals surface area (Å²) in [7, 11) is -1.67. The van der Waals surface area contributed by atoms with Gasteiger partial charge in [0.25, 0.3) is 0 Å². The molecule has 4 unspecified atom stereocenters. The third-order valence-electron chi connectivity index (χ3n) is 3.57. The van der Waals surface area contributed by atoms with E-state index >= 15 is 0 Å². The summed E-state index contributed by atoms with van der Waals surface area (Å²) in [4.78, 5) is 34.8. The van der Waals surface area contributed by atoms with Crippen LogP contribution in [0.5, 0.6) is 0 Å². The number of halogens is 1. The smallest absolute Gasteiger partial charge is 0.329 e. The van der Waals surface area contributed by atoms with Crippen molar-refractivity contribution in [1.29, 1.82) is 0 Å². The van der Waals surface area contributed by atoms with E-state index in [9.17, 15) is 23.7 Å². The molecule has 0 bridgehead atoms. The van der Waals surface area contributed by atoms with Gasteiger partial charge in [0.05, 0.1) is 0 Å². The molecular formula is C11H15ClN2O5S. The maximum absolute atomic E-state index is 12.3. The lowest BCUT2D eigenvalue weighted by Gasteiger charge is -2.37. The van der Waals surface area contributed by atoms with Gasteiger partial charge in [-0.25, -0.2) is 4.79 Å². The van der Waals surface area contributed by atoms with Crippen LogP contribution in [-0.4, -0.2) is 60.6 Å². The molecule has 0 saturated carbocycles. The molecule has 2 fully saturated rings. The fourth-order valence-corrected chi connectivity index (χ4v) is 4.75. The third-order valence-corrected chi connectivity index (χ3v) is 6.17. The SMILES string of the molecule is CC(=O)NCCS(=O)C1(Cl)CC2CC(=O)N2C1C(=O)O. The molecule has 112 valence electrons. The minimum Gasteiger partial charge on any atom is -0.480 e. The first kappa shape index (κ1) is 15.2. The average Bonchev–Trinajstić information content (AvgIpc) is 2.58. The van der Waals surface area contributed by atoms with Crippen molar-refractivity contribution in [3.63, 3.8) is 0 Å². The van der Waals surface area contributed by atoms with Crippen LogP contribution in [0.25, 0.3) is 0 Å². The van der Waals surface area contributed by atoms with Gasteiger partial charge in [0.15, 0.2) is 10.2 Å². The van der Waals surface area contributed by atoms with E-state index in [1.54, 1.807) is 0 Å². The summed E-state index contributed by atoms with van der Waals surface area (Å²) >= 11 is 6.30. The quantitative estimate of drug-likeness (QED) is 0.513. The standard InChI is InChI=1S/C11H15ClN2O5S/c1-6(15)13-2-3-20(19)11(12)5-7-4-8(16)14(7)9(11)10(17)18/h7,9H,2-5H2,1H3,(H,13,15)(H,17,18). The molecule has 9 heteroatoms. The van der Waals surface area contributed by atoms with Gasteiger partial charge in [-0.3, -0.25) is 13.8 Å². The number of hydrogen-bond donors (Lipinski definition) is 2. The molecule has 0 aromatic rings. The van der Waals surface area contributed by atoms with Gasteiger partial charge in [-0.15, -0.1) is 11.6 Å². The summed E-state index contributed by atoms with van der Waals surface area (Å²) in [5.41, 5.74) is 0. The number of nitrogens with zero attached hydrogens (tertiary/aromatic N) is 1. The van der Waals surface area contributed by atoms with Crippen LogP contribution < -0.4 is 5.32 Å². The molecule has 0 aromatic carbocycles. The number of nitrogens with one attached hydrogen (secondary N) is 1. The minimum absolute atomic E-state index is 0.0572. The lowest BCUT2D eigenvalue weighted by molar-refractivity contribution is -0.156. The van der Waals surface area contributed by atoms with Gasteiger partial charge >= 0.3 is 5.97 Å². The predicted molar refractivity (Wildman–Crippen MR) is 71.6 cm³/mol. The van der Waals surface area contributed by atoms with Crippen molar-refractivity contribution in [2.75, 3.05) is 12.3 Å². The molecule has 2 saturated heterocycles. The maximum atomic E-state index is 12.3. The summed E-state index contributed by atoms with van der Waals surface area (Å²) in [6.45, 7) is 1.49. The van der Waals surface area contributed by atoms with Crippen LogP contribution >= 0.6 is 11.6 Å². The summed E-state index contributed by atoms with van der Waals surface area (Å²) in [5.74, 6) is -1.72. The Labute approximate surface area is 123 Å². The molecule has 20 heavy (non-hydrogen) atoms. The van der Waals surface area contributed by atoms with Crippen LogP contribution in [0.2, 0.25) is 0 Å². The number of β-lactam (4-membered cyclic amide) rings is 1. The van der Waals surface area contributed by atoms with E-state index in [4.69, 9.17) is 11.6 Å². The molecule has 0 aromatic heterocycles. The van der Waals surface area contributed by atoms with Gasteiger partial charge in [-0.05, 0) is 0 Å². The number of rotatable bonds is 5. The lowest BCUT2D eigenvalue weighted by atomic mass is 10.0. The van der Waals surface area contributed by atoms with Crippen molar-refractivity contribution in [3.05, 3.63) is 0 Å². The number of carboxylic acid groups (broad SMARTS) is 1. The van der Waals surface area contributed by atoms with Crippen molar-refractivity contribution in [2.24, 2.45) is 0 Å². The molecular weight excluding hydrogens is 308 g/mol. The molecule has 2 aliphatic heterocycles. The minimum atomic E-state index is -1.67. The van der Waals surface area contributed by atoms with E-state index in [0.717, 1.165) is 0 Å². The van der Waals surface area contributed by atoms with Gasteiger partial charge in [0, 0.05) is 48.9 Å². The zero-order valence-electron chi connectivity index (χ0n) is 10.8. The summed E-state index contributed by atoms with van der Waals surface area (Å²) in [5, 5.41) is 11.8. The Morgan fingerprint density at radius 1 is 1.60 bits per heavy atom. The lowest BCUT2D eigenvalue weighted by Crippen LogP contribution is -2.57. The number of aliphatic carboxylic acids is 1. The molecule has 4 atom stereocenters. The molecule has 7 nitrogen and oxygen atoms in total. The Kier molecular flexibility index (Phi) is 4.06. The number of carbonyl (C=O) groups is 3. The molecule has 0 spiro atoms. The molecule has 2 rings (SSSR count). The van der Waals surface area contributed by atoms with Crippen molar-refractivity contribution >= 4 is 40.2 Å². The number of carboxylic acids is 1. The normalized spacial score (nSPS) is 33.3. The highest BCUT2D eigenvalue weighted by molar-refractivity contribution is 7.88. The zero-order chi connectivity index (χ0) is 15.1. The zero-order valence-corrected chi connectivity index (χ0v) is 12.4. The number of hydrogen-bond acceptors (Lipinski definition) is 4. The highest BCUT2D eigenvalue weighted by Crippen LogP contribution is 2.47. The van der Waals surface area contributed by atoms with E-state index in [0.29, 0.717) is 0 Å². The molecule has 2 heterocycles. The van der Waals surface area contributed by atoms with Crippen molar-refractivity contribution < 1.29 is 23.7 Å². The Morgan fingerprint density at radius 2 is 2.25 bits per heavy atom. The molecule has 2 amide bonds. The van der Waals surface area contributed by atoms with Gasteiger partial charge in [0.2, 0.25) is 11.8 Å². The topological polar surface area (TPSA) is 104 Å². The highest BCUT2D eigenvalue weighted by Gasteiger charge is 2.63. The monoisotopic (exact) mass is 322 g/mol. The number of alkyl halides is 1. The Morgan fingerprint density at radius 3 is 2.75 bits per heavy atom. The van der Waals surface area contributed by atoms with Crippen molar-refractivity contribution in [2.45, 2.75) is 36.1 Å². The first-order valence-electron chi connectivity index (χ1n) is 6.13. The highest BCUT2D eigenvalue weighted by atomic mass is 35.5. The second-order valence-corrected chi connectivity index (χ2v) is 7.65. The Bertz CT molecular complexity index is 499. The maximum Gasteiger partial charge on any atom is 0.329 e. The summed E-state index contributed by atoms with van der Waals surface area (Å²) < 4.78 is 10.8. The van der Waals surface area contributed by atoms with E-state index < -0.39 is 27.0 Å². The summed E-state index contributed by atoms with van der Waals surface area (Å²) in [6.07, 6.45) is 0.449. The number of amides is 2. The van der Waals surface area contributed by atoms with Gasteiger partial charge in [-0.1, -0.05) is 0 Å². The van der Waals surface area contributed by atoms with Crippen LogP contribution in [-0.2, 0) is 25.2 Å². The first-order valence-corrected chi connectivity index (χ1v) is 7.83. The Balaban J connectivity index is 2.11. The van der Waals surface area contributed by atoms with Crippen molar-refractivity contribution in [3.8, 4) is 0 Å². The molecule has 2 N–H and O–H groups in total. The van der Waals surface area contributed by atoms with Gasteiger partial charge in [-0.2, -0.15) is 0 Å². The van der Waals surface area contributed by atoms with Gasteiger partial charge < -0.3 is 15.3 Å². The van der Waals surface area contributed by atoms with E-state index in [1.165, 1.54) is 11.8 Å². The second kappa shape index (κ2) is 5.33. The molecule has 0 aliphatic carbocycles. The molecule has 2 aliphatic rings. The van der Waals surface area contributed by atoms with E-state index in [1.807, 2.05) is 0 Å². The largest absolute Gasteiger partial charge is 0.480 e. The van der Waals surface area contributed by atoms with Crippen LogP contribution in [0.15, 0.2) is 0 Å². The first-order chi connectivity index (χ1) is 9.27. The van der Waals surface area contributed by atoms with E-state index in [2.05, 4.69) is 5.32 Å².